The second kappa shape index (κ2) is 8.77. The van der Waals surface area contributed by atoms with Gasteiger partial charge >= 0.3 is 0 Å². The maximum Gasteiger partial charge on any atom is 0.188 e. The lowest BCUT2D eigenvalue weighted by Gasteiger charge is -2.10. The van der Waals surface area contributed by atoms with Gasteiger partial charge in [0.25, 0.3) is 0 Å². The molecular formula is C16H24IN5. The Morgan fingerprint density at radius 2 is 2.05 bits per heavy atom. The standard InChI is InChI=1S/C16H23N5.HI/c1-12(2)10-18-16(17)19-11-14-6-4-5-7-15(14)21-9-8-13(3)20-21;/h4-9,12H,10-11H2,1-3H3,(H3,17,18,19);1H. The molecule has 0 fully saturated rings. The molecule has 0 aliphatic carbocycles. The summed E-state index contributed by atoms with van der Waals surface area (Å²) in [5.74, 6) is 1.02. The molecule has 22 heavy (non-hydrogen) atoms. The van der Waals surface area contributed by atoms with E-state index in [1.54, 1.807) is 0 Å². The number of rotatable bonds is 5. The van der Waals surface area contributed by atoms with Crippen molar-refractivity contribution in [3.63, 3.8) is 0 Å². The van der Waals surface area contributed by atoms with Gasteiger partial charge < -0.3 is 11.1 Å². The van der Waals surface area contributed by atoms with E-state index in [4.69, 9.17) is 5.73 Å². The number of hydrogen-bond acceptors (Lipinski definition) is 2. The summed E-state index contributed by atoms with van der Waals surface area (Å²) in [5.41, 5.74) is 9.00. The van der Waals surface area contributed by atoms with Gasteiger partial charge in [-0.15, -0.1) is 24.0 Å². The van der Waals surface area contributed by atoms with Crippen LogP contribution in [0.2, 0.25) is 0 Å². The number of aliphatic imine (C=N–C) groups is 1. The minimum absolute atomic E-state index is 0. The van der Waals surface area contributed by atoms with E-state index >= 15 is 0 Å². The van der Waals surface area contributed by atoms with Crippen LogP contribution in [-0.4, -0.2) is 22.3 Å². The van der Waals surface area contributed by atoms with E-state index < -0.39 is 0 Å². The minimum Gasteiger partial charge on any atom is -0.370 e. The fourth-order valence-electron chi connectivity index (χ4n) is 1.95. The minimum atomic E-state index is 0. The topological polar surface area (TPSA) is 68.2 Å². The van der Waals surface area contributed by atoms with Crippen molar-refractivity contribution in [1.82, 2.24) is 15.1 Å². The normalized spacial score (nSPS) is 11.4. The Hall–Kier alpha value is -1.57. The second-order valence-corrected chi connectivity index (χ2v) is 5.51. The maximum absolute atomic E-state index is 5.88. The molecular weight excluding hydrogens is 389 g/mol. The molecule has 1 aromatic heterocycles. The molecule has 0 atom stereocenters. The molecule has 3 N–H and O–H groups in total. The van der Waals surface area contributed by atoms with E-state index in [9.17, 15) is 0 Å². The molecule has 1 aromatic carbocycles. The average molecular weight is 413 g/mol. The smallest absolute Gasteiger partial charge is 0.188 e. The number of aryl methyl sites for hydroxylation is 1. The molecule has 1 heterocycles. The highest BCUT2D eigenvalue weighted by Crippen LogP contribution is 2.15. The SMILES string of the molecule is Cc1ccn(-c2ccccc2CN=C(N)NCC(C)C)n1.I. The molecule has 0 spiro atoms. The third kappa shape index (κ3) is 5.32. The molecule has 2 rings (SSSR count). The highest BCUT2D eigenvalue weighted by molar-refractivity contribution is 14.0. The highest BCUT2D eigenvalue weighted by atomic mass is 127. The monoisotopic (exact) mass is 413 g/mol. The molecule has 0 amide bonds. The molecule has 2 aromatic rings. The summed E-state index contributed by atoms with van der Waals surface area (Å²) in [6.45, 7) is 7.61. The van der Waals surface area contributed by atoms with Gasteiger partial charge in [-0.2, -0.15) is 5.10 Å². The zero-order valence-electron chi connectivity index (χ0n) is 13.3. The number of halogens is 1. The van der Waals surface area contributed by atoms with Gasteiger partial charge in [-0.1, -0.05) is 32.0 Å². The van der Waals surface area contributed by atoms with Crippen LogP contribution in [0.1, 0.15) is 25.1 Å². The van der Waals surface area contributed by atoms with E-state index in [1.807, 2.05) is 48.1 Å². The molecule has 5 nitrogen and oxygen atoms in total. The number of nitrogens with two attached hydrogens (primary N) is 1. The van der Waals surface area contributed by atoms with Crippen molar-refractivity contribution >= 4 is 29.9 Å². The van der Waals surface area contributed by atoms with Crippen molar-refractivity contribution in [2.24, 2.45) is 16.6 Å². The molecule has 0 radical (unpaired) electrons. The van der Waals surface area contributed by atoms with Crippen LogP contribution in [0.5, 0.6) is 0 Å². The van der Waals surface area contributed by atoms with Gasteiger partial charge in [0.1, 0.15) is 0 Å². The predicted octanol–water partition coefficient (Wildman–Crippen LogP) is 2.86. The Balaban J connectivity index is 0.00000242. The summed E-state index contributed by atoms with van der Waals surface area (Å²) in [7, 11) is 0. The maximum atomic E-state index is 5.88. The Morgan fingerprint density at radius 3 is 2.68 bits per heavy atom. The van der Waals surface area contributed by atoms with Crippen molar-refractivity contribution in [2.45, 2.75) is 27.3 Å². The highest BCUT2D eigenvalue weighted by Gasteiger charge is 2.05. The Labute approximate surface area is 149 Å². The first-order valence-electron chi connectivity index (χ1n) is 7.20. The van der Waals surface area contributed by atoms with Gasteiger partial charge in [-0.25, -0.2) is 9.67 Å². The van der Waals surface area contributed by atoms with Crippen LogP contribution in [0.3, 0.4) is 0 Å². The number of guanidine groups is 1. The van der Waals surface area contributed by atoms with Crippen LogP contribution in [0.25, 0.3) is 5.69 Å². The largest absolute Gasteiger partial charge is 0.370 e. The summed E-state index contributed by atoms with van der Waals surface area (Å²) in [5, 5.41) is 7.57. The number of aromatic nitrogens is 2. The van der Waals surface area contributed by atoms with Crippen LogP contribution in [0, 0.1) is 12.8 Å². The van der Waals surface area contributed by atoms with Gasteiger partial charge in [0.15, 0.2) is 5.96 Å². The lowest BCUT2D eigenvalue weighted by molar-refractivity contribution is 0.622. The van der Waals surface area contributed by atoms with E-state index in [0.29, 0.717) is 18.4 Å². The number of nitrogens with one attached hydrogen (secondary N) is 1. The Bertz CT molecular complexity index is 619. The quantitative estimate of drug-likeness (QED) is 0.450. The molecule has 120 valence electrons. The molecule has 0 bridgehead atoms. The van der Waals surface area contributed by atoms with Crippen LogP contribution in [0.4, 0.5) is 0 Å². The van der Waals surface area contributed by atoms with Crippen LogP contribution in [0.15, 0.2) is 41.5 Å². The summed E-state index contributed by atoms with van der Waals surface area (Å²) < 4.78 is 1.87. The van der Waals surface area contributed by atoms with Crippen molar-refractivity contribution in [1.29, 1.82) is 0 Å². The first kappa shape index (κ1) is 18.5. The third-order valence-corrected chi connectivity index (χ3v) is 3.07. The zero-order chi connectivity index (χ0) is 15.2. The van der Waals surface area contributed by atoms with E-state index in [2.05, 4.69) is 29.3 Å². The summed E-state index contributed by atoms with van der Waals surface area (Å²) >= 11 is 0. The first-order chi connectivity index (χ1) is 10.1. The fraction of sp³-hybridized carbons (Fsp3) is 0.375. The Morgan fingerprint density at radius 1 is 1.32 bits per heavy atom. The summed E-state index contributed by atoms with van der Waals surface area (Å²) in [4.78, 5) is 4.40. The van der Waals surface area contributed by atoms with Crippen LogP contribution < -0.4 is 11.1 Å². The second-order valence-electron chi connectivity index (χ2n) is 5.51. The average Bonchev–Trinajstić information content (AvgIpc) is 2.89. The number of hydrogen-bond donors (Lipinski definition) is 2. The molecule has 0 aliphatic heterocycles. The number of nitrogens with zero attached hydrogens (tertiary/aromatic N) is 3. The van der Waals surface area contributed by atoms with Crippen molar-refractivity contribution in [2.75, 3.05) is 6.54 Å². The van der Waals surface area contributed by atoms with Crippen LogP contribution >= 0.6 is 24.0 Å². The fourth-order valence-corrected chi connectivity index (χ4v) is 1.95. The van der Waals surface area contributed by atoms with Crippen molar-refractivity contribution < 1.29 is 0 Å². The number of para-hydroxylation sites is 1. The first-order valence-corrected chi connectivity index (χ1v) is 7.20. The van der Waals surface area contributed by atoms with Gasteiger partial charge in [0, 0.05) is 12.7 Å². The lowest BCUT2D eigenvalue weighted by atomic mass is 10.2. The van der Waals surface area contributed by atoms with Crippen molar-refractivity contribution in [3.8, 4) is 5.69 Å². The predicted molar refractivity (Wildman–Crippen MR) is 102 cm³/mol. The molecule has 0 aliphatic rings. The third-order valence-electron chi connectivity index (χ3n) is 3.07. The van der Waals surface area contributed by atoms with Gasteiger partial charge in [0.2, 0.25) is 0 Å². The van der Waals surface area contributed by atoms with Crippen molar-refractivity contribution in [3.05, 3.63) is 47.8 Å². The zero-order valence-corrected chi connectivity index (χ0v) is 15.6. The molecule has 6 heteroatoms. The van der Waals surface area contributed by atoms with Gasteiger partial charge in [-0.3, -0.25) is 0 Å². The number of benzene rings is 1. The summed E-state index contributed by atoms with van der Waals surface area (Å²) in [6, 6.07) is 10.1. The van der Waals surface area contributed by atoms with E-state index in [1.165, 1.54) is 0 Å². The molecule has 0 saturated carbocycles. The summed E-state index contributed by atoms with van der Waals surface area (Å²) in [6.07, 6.45) is 1.96. The van der Waals surface area contributed by atoms with Gasteiger partial charge in [0.05, 0.1) is 17.9 Å². The Kier molecular flexibility index (Phi) is 7.37. The van der Waals surface area contributed by atoms with Crippen LogP contribution in [-0.2, 0) is 6.54 Å². The van der Waals surface area contributed by atoms with E-state index in [-0.39, 0.29) is 24.0 Å². The molecule has 0 unspecified atom stereocenters. The molecule has 0 saturated heterocycles. The lowest BCUT2D eigenvalue weighted by Crippen LogP contribution is -2.34. The van der Waals surface area contributed by atoms with Gasteiger partial charge in [-0.05, 0) is 30.5 Å². The van der Waals surface area contributed by atoms with E-state index in [0.717, 1.165) is 23.5 Å².